The monoisotopic (exact) mass is 163 g/mol. The molecule has 0 rings (SSSR count). The van der Waals surface area contributed by atoms with Crippen LogP contribution in [0.3, 0.4) is 0 Å². The zero-order valence-corrected chi connectivity index (χ0v) is 6.44. The molecule has 0 aliphatic rings. The molecule has 0 amide bonds. The van der Waals surface area contributed by atoms with E-state index in [1.54, 1.807) is 0 Å². The number of nitrogens with one attached hydrogen (secondary N) is 1. The Hall–Kier alpha value is -0.680. The van der Waals surface area contributed by atoms with Crippen LogP contribution in [0.1, 0.15) is 0 Å². The molecule has 5 heteroatoms. The second-order valence-corrected chi connectivity index (χ2v) is 3.56. The lowest BCUT2D eigenvalue weighted by molar-refractivity contribution is -0.112. The van der Waals surface area contributed by atoms with Crippen molar-refractivity contribution in [2.45, 2.75) is 0 Å². The van der Waals surface area contributed by atoms with Crippen molar-refractivity contribution in [1.82, 2.24) is 4.72 Å². The Morgan fingerprint density at radius 3 is 2.50 bits per heavy atom. The molecule has 10 heavy (non-hydrogen) atoms. The van der Waals surface area contributed by atoms with E-state index >= 15 is 0 Å². The first kappa shape index (κ1) is 9.32. The van der Waals surface area contributed by atoms with Crippen LogP contribution in [0.25, 0.3) is 0 Å². The quantitative estimate of drug-likeness (QED) is 0.557. The maximum atomic E-state index is 10.6. The van der Waals surface area contributed by atoms with Gasteiger partial charge in [-0.15, -0.1) is 0 Å². The van der Waals surface area contributed by atoms with Gasteiger partial charge in [-0.05, 0) is 13.1 Å². The summed E-state index contributed by atoms with van der Waals surface area (Å²) >= 11 is 0. The van der Waals surface area contributed by atoms with E-state index in [-0.39, 0.29) is 0 Å². The number of carbonyl (C=O) groups excluding carboxylic acids is 1. The summed E-state index contributed by atoms with van der Waals surface area (Å²) in [5.41, 5.74) is 0. The molecule has 0 aromatic heterocycles. The lowest BCUT2D eigenvalue weighted by atomic mass is 10.5. The van der Waals surface area contributed by atoms with E-state index in [0.29, 0.717) is 0 Å². The van der Waals surface area contributed by atoms with Gasteiger partial charge in [-0.3, -0.25) is 4.79 Å². The van der Waals surface area contributed by atoms with E-state index in [9.17, 15) is 13.2 Å². The fourth-order valence-corrected chi connectivity index (χ4v) is 0.955. The molecular formula is C5H9NO3S. The highest BCUT2D eigenvalue weighted by atomic mass is 32.2. The van der Waals surface area contributed by atoms with Gasteiger partial charge in [0.05, 0.1) is 0 Å². The Morgan fingerprint density at radius 2 is 2.20 bits per heavy atom. The number of hydrogen-bond acceptors (Lipinski definition) is 3. The van der Waals surface area contributed by atoms with Gasteiger partial charge < -0.3 is 0 Å². The van der Waals surface area contributed by atoms with Gasteiger partial charge in [-0.1, -0.05) is 6.58 Å². The van der Waals surface area contributed by atoms with Crippen molar-refractivity contribution >= 4 is 15.8 Å². The lowest BCUT2D eigenvalue weighted by Gasteiger charge is -1.96. The molecule has 0 aliphatic carbocycles. The average molecular weight is 163 g/mol. The van der Waals surface area contributed by atoms with Gasteiger partial charge in [0.1, 0.15) is 5.75 Å². The van der Waals surface area contributed by atoms with Gasteiger partial charge in [0.2, 0.25) is 10.0 Å². The summed E-state index contributed by atoms with van der Waals surface area (Å²) in [5, 5.41) is 0. The van der Waals surface area contributed by atoms with Crippen LogP contribution in [0.4, 0.5) is 0 Å². The van der Waals surface area contributed by atoms with Crippen LogP contribution in [-0.2, 0) is 14.8 Å². The molecule has 0 saturated heterocycles. The van der Waals surface area contributed by atoms with Gasteiger partial charge >= 0.3 is 0 Å². The van der Waals surface area contributed by atoms with E-state index in [1.165, 1.54) is 7.05 Å². The van der Waals surface area contributed by atoms with Gasteiger partial charge in [0.25, 0.3) is 0 Å². The summed E-state index contributed by atoms with van der Waals surface area (Å²) in [6.45, 7) is 3.14. The largest absolute Gasteiger partial charge is 0.294 e. The highest BCUT2D eigenvalue weighted by Gasteiger charge is 2.10. The summed E-state index contributed by atoms with van der Waals surface area (Å²) in [7, 11) is -2.15. The molecule has 0 spiro atoms. The fraction of sp³-hybridized carbons (Fsp3) is 0.400. The predicted octanol–water partition coefficient (Wildman–Crippen LogP) is -0.709. The number of ketones is 1. The zero-order chi connectivity index (χ0) is 8.20. The Morgan fingerprint density at radius 1 is 1.70 bits per heavy atom. The van der Waals surface area contributed by atoms with E-state index in [2.05, 4.69) is 6.58 Å². The van der Waals surface area contributed by atoms with Crippen LogP contribution in [0.15, 0.2) is 12.7 Å². The van der Waals surface area contributed by atoms with Crippen LogP contribution in [0.2, 0.25) is 0 Å². The number of carbonyl (C=O) groups is 1. The molecule has 0 saturated carbocycles. The summed E-state index contributed by atoms with van der Waals surface area (Å²) in [5.74, 6) is -1.03. The number of sulfonamides is 1. The van der Waals surface area contributed by atoms with Crippen LogP contribution < -0.4 is 4.72 Å². The Bertz CT molecular complexity index is 229. The summed E-state index contributed by atoms with van der Waals surface area (Å²) < 4.78 is 23.2. The van der Waals surface area contributed by atoms with Gasteiger partial charge in [0, 0.05) is 0 Å². The molecule has 0 bridgehead atoms. The Labute approximate surface area is 60.0 Å². The minimum absolute atomic E-state index is 0.505. The summed E-state index contributed by atoms with van der Waals surface area (Å²) in [6, 6.07) is 0. The molecule has 0 fully saturated rings. The van der Waals surface area contributed by atoms with Crippen LogP contribution in [0.5, 0.6) is 0 Å². The first-order valence-electron chi connectivity index (χ1n) is 2.58. The molecule has 1 N–H and O–H groups in total. The first-order valence-corrected chi connectivity index (χ1v) is 4.23. The third kappa shape index (κ3) is 3.37. The smallest absolute Gasteiger partial charge is 0.218 e. The number of allylic oxidation sites excluding steroid dienone is 1. The van der Waals surface area contributed by atoms with Crippen molar-refractivity contribution in [3.8, 4) is 0 Å². The minimum atomic E-state index is -3.40. The zero-order valence-electron chi connectivity index (χ0n) is 5.62. The fourth-order valence-electron chi connectivity index (χ4n) is 0.318. The average Bonchev–Trinajstić information content (AvgIpc) is 1.87. The highest BCUT2D eigenvalue weighted by Crippen LogP contribution is 1.83. The van der Waals surface area contributed by atoms with Crippen molar-refractivity contribution in [3.05, 3.63) is 12.7 Å². The minimum Gasteiger partial charge on any atom is -0.294 e. The maximum absolute atomic E-state index is 10.6. The molecule has 0 aliphatic heterocycles. The van der Waals surface area contributed by atoms with Crippen molar-refractivity contribution < 1.29 is 13.2 Å². The normalized spacial score (nSPS) is 10.9. The Balaban J connectivity index is 4.16. The predicted molar refractivity (Wildman–Crippen MR) is 38.1 cm³/mol. The highest BCUT2D eigenvalue weighted by molar-refractivity contribution is 7.90. The van der Waals surface area contributed by atoms with Crippen molar-refractivity contribution in [1.29, 1.82) is 0 Å². The lowest BCUT2D eigenvalue weighted by Crippen LogP contribution is -2.25. The van der Waals surface area contributed by atoms with Crippen molar-refractivity contribution in [2.75, 3.05) is 12.8 Å². The Kier molecular flexibility index (Phi) is 3.24. The van der Waals surface area contributed by atoms with Crippen LogP contribution >= 0.6 is 0 Å². The second-order valence-electron chi connectivity index (χ2n) is 1.63. The van der Waals surface area contributed by atoms with Gasteiger partial charge in [0.15, 0.2) is 5.78 Å². The topological polar surface area (TPSA) is 63.2 Å². The number of rotatable bonds is 4. The van der Waals surface area contributed by atoms with Gasteiger partial charge in [-0.25, -0.2) is 13.1 Å². The molecule has 0 unspecified atom stereocenters. The second kappa shape index (κ2) is 3.48. The molecule has 4 nitrogen and oxygen atoms in total. The van der Waals surface area contributed by atoms with Crippen LogP contribution in [-0.4, -0.2) is 27.0 Å². The molecule has 0 aromatic rings. The molecular weight excluding hydrogens is 154 g/mol. The van der Waals surface area contributed by atoms with Gasteiger partial charge in [-0.2, -0.15) is 0 Å². The standard InChI is InChI=1S/C5H9NO3S/c1-3-5(7)4-10(8,9)6-2/h3,6H,1,4H2,2H3. The molecule has 0 radical (unpaired) electrons. The van der Waals surface area contributed by atoms with E-state index in [0.717, 1.165) is 6.08 Å². The van der Waals surface area contributed by atoms with E-state index in [4.69, 9.17) is 0 Å². The van der Waals surface area contributed by atoms with Crippen molar-refractivity contribution in [2.24, 2.45) is 0 Å². The third-order valence-corrected chi connectivity index (χ3v) is 2.16. The summed E-state index contributed by atoms with van der Waals surface area (Å²) in [6.07, 6.45) is 0.981. The van der Waals surface area contributed by atoms with E-state index < -0.39 is 21.6 Å². The maximum Gasteiger partial charge on any atom is 0.218 e. The van der Waals surface area contributed by atoms with Crippen LogP contribution in [0, 0.1) is 0 Å². The SMILES string of the molecule is C=CC(=O)CS(=O)(=O)NC. The number of hydrogen-bond donors (Lipinski definition) is 1. The third-order valence-electron chi connectivity index (χ3n) is 0.871. The van der Waals surface area contributed by atoms with Crippen molar-refractivity contribution in [3.63, 3.8) is 0 Å². The molecule has 0 aromatic carbocycles. The summed E-state index contributed by atoms with van der Waals surface area (Å²) in [4.78, 5) is 10.4. The van der Waals surface area contributed by atoms with E-state index in [1.807, 2.05) is 4.72 Å². The first-order chi connectivity index (χ1) is 4.52. The molecule has 58 valence electrons. The molecule has 0 atom stereocenters. The molecule has 0 heterocycles.